The highest BCUT2D eigenvalue weighted by molar-refractivity contribution is 5.85. The standard InChI is InChI=1S/C14H21N3O4/c1-2-21-8-3-5-11(18)17-14(6-4-7-14)13-15-9-10(16-13)12(19)20/h9H,2-8H2,1H3,(H,15,16)(H,17,18)(H,19,20). The number of H-pyrrole nitrogens is 1. The molecule has 21 heavy (non-hydrogen) atoms. The molecule has 1 aliphatic rings. The Morgan fingerprint density at radius 2 is 2.29 bits per heavy atom. The van der Waals surface area contributed by atoms with Gasteiger partial charge in [0.25, 0.3) is 0 Å². The smallest absolute Gasteiger partial charge is 0.353 e. The lowest BCUT2D eigenvalue weighted by atomic mass is 9.76. The van der Waals surface area contributed by atoms with E-state index in [0.29, 0.717) is 31.9 Å². The summed E-state index contributed by atoms with van der Waals surface area (Å²) in [7, 11) is 0. The molecule has 0 unspecified atom stereocenters. The first-order valence-corrected chi connectivity index (χ1v) is 7.25. The van der Waals surface area contributed by atoms with Crippen LogP contribution >= 0.6 is 0 Å². The van der Waals surface area contributed by atoms with E-state index in [4.69, 9.17) is 9.84 Å². The lowest BCUT2D eigenvalue weighted by Crippen LogP contribution is -2.51. The largest absolute Gasteiger partial charge is 0.477 e. The molecule has 1 aliphatic carbocycles. The minimum absolute atomic E-state index is 0.0434. The maximum Gasteiger partial charge on any atom is 0.353 e. The molecule has 0 atom stereocenters. The molecule has 0 aliphatic heterocycles. The van der Waals surface area contributed by atoms with Crippen LogP contribution in [0, 0.1) is 0 Å². The van der Waals surface area contributed by atoms with E-state index in [-0.39, 0.29) is 11.6 Å². The van der Waals surface area contributed by atoms with E-state index in [9.17, 15) is 9.59 Å². The number of aromatic carboxylic acids is 1. The van der Waals surface area contributed by atoms with Crippen LogP contribution in [0.25, 0.3) is 0 Å². The molecule has 1 saturated carbocycles. The minimum atomic E-state index is -1.05. The van der Waals surface area contributed by atoms with Crippen molar-refractivity contribution < 1.29 is 19.4 Å². The van der Waals surface area contributed by atoms with Crippen molar-refractivity contribution in [2.45, 2.75) is 44.6 Å². The zero-order valence-electron chi connectivity index (χ0n) is 12.1. The molecule has 1 fully saturated rings. The van der Waals surface area contributed by atoms with Gasteiger partial charge in [0, 0.05) is 19.6 Å². The molecule has 2 rings (SSSR count). The number of carbonyl (C=O) groups excluding carboxylic acids is 1. The van der Waals surface area contributed by atoms with Crippen LogP contribution in [0.5, 0.6) is 0 Å². The maximum absolute atomic E-state index is 12.0. The topological polar surface area (TPSA) is 104 Å². The fourth-order valence-corrected chi connectivity index (χ4v) is 2.43. The molecule has 1 aromatic rings. The molecule has 7 heteroatoms. The van der Waals surface area contributed by atoms with Crippen molar-refractivity contribution in [2.75, 3.05) is 13.2 Å². The summed E-state index contributed by atoms with van der Waals surface area (Å²) in [6.07, 6.45) is 4.90. The number of hydrogen-bond acceptors (Lipinski definition) is 4. The van der Waals surface area contributed by atoms with Gasteiger partial charge in [0.1, 0.15) is 11.5 Å². The first-order chi connectivity index (χ1) is 10.1. The van der Waals surface area contributed by atoms with Gasteiger partial charge in [-0.1, -0.05) is 0 Å². The Hall–Kier alpha value is -1.89. The van der Waals surface area contributed by atoms with Crippen LogP contribution in [0.1, 0.15) is 55.3 Å². The summed E-state index contributed by atoms with van der Waals surface area (Å²) < 4.78 is 5.20. The van der Waals surface area contributed by atoms with Gasteiger partial charge in [-0.2, -0.15) is 0 Å². The summed E-state index contributed by atoms with van der Waals surface area (Å²) in [6, 6.07) is 0. The third-order valence-corrected chi connectivity index (χ3v) is 3.74. The van der Waals surface area contributed by atoms with Crippen molar-refractivity contribution in [2.24, 2.45) is 0 Å². The number of nitrogens with zero attached hydrogens (tertiary/aromatic N) is 1. The number of carboxylic acids is 1. The molecule has 0 saturated heterocycles. The van der Waals surface area contributed by atoms with Crippen molar-refractivity contribution in [1.82, 2.24) is 15.3 Å². The SMILES string of the molecule is CCOCCCC(=O)NC1(c2ncc(C(=O)O)[nH]2)CCC1. The first-order valence-electron chi connectivity index (χ1n) is 7.25. The van der Waals surface area contributed by atoms with Crippen molar-refractivity contribution in [3.8, 4) is 0 Å². The number of rotatable bonds is 8. The number of carbonyl (C=O) groups is 2. The van der Waals surface area contributed by atoms with Crippen LogP contribution in [0.3, 0.4) is 0 Å². The lowest BCUT2D eigenvalue weighted by Gasteiger charge is -2.40. The number of carboxylic acid groups (broad SMARTS) is 1. The van der Waals surface area contributed by atoms with Crippen molar-refractivity contribution in [3.05, 3.63) is 17.7 Å². The predicted octanol–water partition coefficient (Wildman–Crippen LogP) is 1.42. The fraction of sp³-hybridized carbons (Fsp3) is 0.643. The Morgan fingerprint density at radius 3 is 2.81 bits per heavy atom. The highest BCUT2D eigenvalue weighted by Gasteiger charge is 2.42. The van der Waals surface area contributed by atoms with Crippen LogP contribution in [-0.4, -0.2) is 40.2 Å². The van der Waals surface area contributed by atoms with Gasteiger partial charge in [-0.25, -0.2) is 9.78 Å². The molecule has 0 radical (unpaired) electrons. The Morgan fingerprint density at radius 1 is 1.52 bits per heavy atom. The summed E-state index contributed by atoms with van der Waals surface area (Å²) in [5.41, 5.74) is -0.488. The van der Waals surface area contributed by atoms with E-state index >= 15 is 0 Å². The molecule has 7 nitrogen and oxygen atoms in total. The highest BCUT2D eigenvalue weighted by atomic mass is 16.5. The molecule has 0 aromatic carbocycles. The van der Waals surface area contributed by atoms with Gasteiger partial charge in [-0.15, -0.1) is 0 Å². The number of ether oxygens (including phenoxy) is 1. The van der Waals surface area contributed by atoms with Crippen LogP contribution in [-0.2, 0) is 15.1 Å². The Kier molecular flexibility index (Phi) is 4.95. The maximum atomic E-state index is 12.0. The normalized spacial score (nSPS) is 16.2. The molecular weight excluding hydrogens is 274 g/mol. The molecule has 1 aromatic heterocycles. The van der Waals surface area contributed by atoms with Gasteiger partial charge >= 0.3 is 5.97 Å². The summed E-state index contributed by atoms with van der Waals surface area (Å²) >= 11 is 0. The van der Waals surface area contributed by atoms with E-state index in [0.717, 1.165) is 19.3 Å². The number of aromatic amines is 1. The number of amides is 1. The molecule has 116 valence electrons. The monoisotopic (exact) mass is 295 g/mol. The van der Waals surface area contributed by atoms with Crippen molar-refractivity contribution in [1.29, 1.82) is 0 Å². The number of hydrogen-bond donors (Lipinski definition) is 3. The second-order valence-corrected chi connectivity index (χ2v) is 5.23. The van der Waals surface area contributed by atoms with Gasteiger partial charge in [-0.05, 0) is 32.6 Å². The van der Waals surface area contributed by atoms with E-state index in [1.807, 2.05) is 6.92 Å². The molecule has 0 spiro atoms. The highest BCUT2D eigenvalue weighted by Crippen LogP contribution is 2.39. The van der Waals surface area contributed by atoms with Crippen LogP contribution < -0.4 is 5.32 Å². The zero-order chi connectivity index (χ0) is 15.3. The number of aromatic nitrogens is 2. The predicted molar refractivity (Wildman–Crippen MR) is 74.9 cm³/mol. The van der Waals surface area contributed by atoms with Gasteiger partial charge in [0.05, 0.1) is 11.7 Å². The molecule has 1 amide bonds. The third-order valence-electron chi connectivity index (χ3n) is 3.74. The summed E-state index contributed by atoms with van der Waals surface area (Å²) in [4.78, 5) is 29.8. The number of nitrogens with one attached hydrogen (secondary N) is 2. The second kappa shape index (κ2) is 6.71. The van der Waals surface area contributed by atoms with Crippen molar-refractivity contribution >= 4 is 11.9 Å². The molecule has 0 bridgehead atoms. The van der Waals surface area contributed by atoms with E-state index in [1.54, 1.807) is 0 Å². The summed E-state index contributed by atoms with van der Waals surface area (Å²) in [6.45, 7) is 3.14. The summed E-state index contributed by atoms with van der Waals surface area (Å²) in [5, 5.41) is 11.9. The second-order valence-electron chi connectivity index (χ2n) is 5.23. The Labute approximate surface area is 123 Å². The van der Waals surface area contributed by atoms with Crippen LogP contribution in [0.15, 0.2) is 6.20 Å². The fourth-order valence-electron chi connectivity index (χ4n) is 2.43. The average Bonchev–Trinajstić information content (AvgIpc) is 2.89. The number of imidazole rings is 1. The van der Waals surface area contributed by atoms with Gasteiger partial charge in [0.15, 0.2) is 0 Å². The minimum Gasteiger partial charge on any atom is -0.477 e. The quantitative estimate of drug-likeness (QED) is 0.629. The van der Waals surface area contributed by atoms with Crippen LogP contribution in [0.4, 0.5) is 0 Å². The van der Waals surface area contributed by atoms with Gasteiger partial charge < -0.3 is 20.1 Å². The van der Waals surface area contributed by atoms with Gasteiger partial charge in [-0.3, -0.25) is 4.79 Å². The first kappa shape index (κ1) is 15.5. The average molecular weight is 295 g/mol. The molecule has 3 N–H and O–H groups in total. The third kappa shape index (κ3) is 3.60. The van der Waals surface area contributed by atoms with Crippen molar-refractivity contribution in [3.63, 3.8) is 0 Å². The Balaban J connectivity index is 1.94. The summed E-state index contributed by atoms with van der Waals surface area (Å²) in [5.74, 6) is -0.571. The van der Waals surface area contributed by atoms with E-state index < -0.39 is 11.5 Å². The molecule has 1 heterocycles. The lowest BCUT2D eigenvalue weighted by molar-refractivity contribution is -0.124. The van der Waals surface area contributed by atoms with E-state index in [2.05, 4.69) is 15.3 Å². The van der Waals surface area contributed by atoms with Gasteiger partial charge in [0.2, 0.25) is 5.91 Å². The van der Waals surface area contributed by atoms with E-state index in [1.165, 1.54) is 6.20 Å². The van der Waals surface area contributed by atoms with Crippen LogP contribution in [0.2, 0.25) is 0 Å². The Bertz CT molecular complexity index is 508. The zero-order valence-corrected chi connectivity index (χ0v) is 12.1. The molecular formula is C14H21N3O4.